The Labute approximate surface area is 151 Å². The Hall–Kier alpha value is -1.20. The van der Waals surface area contributed by atoms with E-state index in [-0.39, 0.29) is 0 Å². The molecule has 1 aromatic carbocycles. The molecule has 1 heterocycles. The highest BCUT2D eigenvalue weighted by molar-refractivity contribution is 8.00. The van der Waals surface area contributed by atoms with Crippen molar-refractivity contribution in [1.29, 1.82) is 0 Å². The maximum atomic E-state index is 4.90. The van der Waals surface area contributed by atoms with Crippen LogP contribution in [0.4, 0.5) is 0 Å². The van der Waals surface area contributed by atoms with Crippen LogP contribution in [0.3, 0.4) is 0 Å². The van der Waals surface area contributed by atoms with Gasteiger partial charge < -0.3 is 15.1 Å². The van der Waals surface area contributed by atoms with Gasteiger partial charge in [0.05, 0.1) is 6.54 Å². The normalized spacial score (nSPS) is 18.1. The zero-order valence-electron chi connectivity index (χ0n) is 15.8. The minimum Gasteiger partial charge on any atom is -0.357 e. The van der Waals surface area contributed by atoms with Gasteiger partial charge in [0.15, 0.2) is 5.96 Å². The summed E-state index contributed by atoms with van der Waals surface area (Å²) in [5, 5.41) is 3.47. The van der Waals surface area contributed by atoms with Crippen LogP contribution in [0.25, 0.3) is 0 Å². The molecule has 2 rings (SSSR count). The summed E-state index contributed by atoms with van der Waals surface area (Å²) in [5.41, 5.74) is 2.61. The molecule has 0 spiro atoms. The molecule has 0 amide bonds. The first-order chi connectivity index (χ1) is 11.4. The van der Waals surface area contributed by atoms with Crippen LogP contribution in [0.5, 0.6) is 0 Å². The SMILES string of the molecule is CCNC(=NCc1cccc(CN(C)C)c1)N1CCSC(C)(C)C1. The van der Waals surface area contributed by atoms with E-state index in [2.05, 4.69) is 86.0 Å². The van der Waals surface area contributed by atoms with Gasteiger partial charge in [0.25, 0.3) is 0 Å². The molecule has 0 atom stereocenters. The summed E-state index contributed by atoms with van der Waals surface area (Å²) in [4.78, 5) is 9.50. The lowest BCUT2D eigenvalue weighted by atomic mass is 10.1. The maximum Gasteiger partial charge on any atom is 0.194 e. The van der Waals surface area contributed by atoms with Gasteiger partial charge in [-0.1, -0.05) is 24.3 Å². The van der Waals surface area contributed by atoms with Crippen LogP contribution >= 0.6 is 11.8 Å². The van der Waals surface area contributed by atoms with E-state index in [0.29, 0.717) is 4.75 Å². The number of nitrogens with zero attached hydrogens (tertiary/aromatic N) is 3. The van der Waals surface area contributed by atoms with E-state index in [4.69, 9.17) is 4.99 Å². The molecular weight excluding hydrogens is 316 g/mol. The van der Waals surface area contributed by atoms with Crippen molar-refractivity contribution >= 4 is 17.7 Å². The lowest BCUT2D eigenvalue weighted by molar-refractivity contribution is 0.376. The molecule has 5 heteroatoms. The summed E-state index contributed by atoms with van der Waals surface area (Å²) < 4.78 is 0.292. The fraction of sp³-hybridized carbons (Fsp3) is 0.632. The minimum absolute atomic E-state index is 0.292. The lowest BCUT2D eigenvalue weighted by Gasteiger charge is -2.39. The van der Waals surface area contributed by atoms with Crippen molar-refractivity contribution in [3.05, 3.63) is 35.4 Å². The third kappa shape index (κ3) is 6.02. The van der Waals surface area contributed by atoms with Crippen LogP contribution < -0.4 is 5.32 Å². The molecule has 0 saturated carbocycles. The van der Waals surface area contributed by atoms with Gasteiger partial charge in [-0.2, -0.15) is 11.8 Å². The van der Waals surface area contributed by atoms with Gasteiger partial charge in [-0.15, -0.1) is 0 Å². The van der Waals surface area contributed by atoms with Crippen molar-refractivity contribution < 1.29 is 0 Å². The maximum absolute atomic E-state index is 4.90. The predicted octanol–water partition coefficient (Wildman–Crippen LogP) is 3.04. The molecule has 1 saturated heterocycles. The second kappa shape index (κ2) is 8.77. The van der Waals surface area contributed by atoms with E-state index >= 15 is 0 Å². The van der Waals surface area contributed by atoms with Gasteiger partial charge in [0, 0.05) is 36.7 Å². The number of benzene rings is 1. The molecule has 0 bridgehead atoms. The molecule has 1 fully saturated rings. The number of hydrogen-bond acceptors (Lipinski definition) is 3. The van der Waals surface area contributed by atoms with Crippen LogP contribution in [0, 0.1) is 0 Å². The predicted molar refractivity (Wildman–Crippen MR) is 107 cm³/mol. The summed E-state index contributed by atoms with van der Waals surface area (Å²) in [6.07, 6.45) is 0. The number of hydrogen-bond donors (Lipinski definition) is 1. The van der Waals surface area contributed by atoms with Crippen LogP contribution in [0.1, 0.15) is 31.9 Å². The number of guanidine groups is 1. The van der Waals surface area contributed by atoms with E-state index in [1.54, 1.807) is 0 Å². The monoisotopic (exact) mass is 348 g/mol. The average Bonchev–Trinajstić information content (AvgIpc) is 2.50. The topological polar surface area (TPSA) is 30.9 Å². The zero-order chi connectivity index (χ0) is 17.6. The Kier molecular flexibility index (Phi) is 6.99. The standard InChI is InChI=1S/C19H32N4S/c1-6-20-18(23-10-11-24-19(2,3)15-23)21-13-16-8-7-9-17(12-16)14-22(4)5/h7-9,12H,6,10-11,13-15H2,1-5H3,(H,20,21). The summed E-state index contributed by atoms with van der Waals surface area (Å²) in [7, 11) is 4.20. The van der Waals surface area contributed by atoms with E-state index in [0.717, 1.165) is 44.4 Å². The van der Waals surface area contributed by atoms with Crippen molar-refractivity contribution in [2.45, 2.75) is 38.6 Å². The van der Waals surface area contributed by atoms with Gasteiger partial charge in [0.1, 0.15) is 0 Å². The molecular formula is C19H32N4S. The summed E-state index contributed by atoms with van der Waals surface area (Å²) in [5.74, 6) is 2.21. The van der Waals surface area contributed by atoms with Crippen molar-refractivity contribution in [3.8, 4) is 0 Å². The first-order valence-electron chi connectivity index (χ1n) is 8.79. The van der Waals surface area contributed by atoms with Crippen molar-refractivity contribution in [3.63, 3.8) is 0 Å². The van der Waals surface area contributed by atoms with Crippen LogP contribution in [-0.2, 0) is 13.1 Å². The highest BCUT2D eigenvalue weighted by Gasteiger charge is 2.28. The molecule has 0 aliphatic carbocycles. The summed E-state index contributed by atoms with van der Waals surface area (Å²) >= 11 is 2.05. The largest absolute Gasteiger partial charge is 0.357 e. The molecule has 0 unspecified atom stereocenters. The fourth-order valence-electron chi connectivity index (χ4n) is 2.98. The van der Waals surface area contributed by atoms with Gasteiger partial charge in [0.2, 0.25) is 0 Å². The van der Waals surface area contributed by atoms with Crippen LogP contribution in [-0.4, -0.2) is 60.0 Å². The van der Waals surface area contributed by atoms with Crippen molar-refractivity contribution in [2.75, 3.05) is 39.5 Å². The first-order valence-corrected chi connectivity index (χ1v) is 9.78. The molecule has 1 aromatic rings. The second-order valence-corrected chi connectivity index (χ2v) is 9.06. The fourth-order valence-corrected chi connectivity index (χ4v) is 4.09. The number of thioether (sulfide) groups is 1. The molecule has 4 nitrogen and oxygen atoms in total. The van der Waals surface area contributed by atoms with E-state index < -0.39 is 0 Å². The number of aliphatic imine (C=N–C) groups is 1. The second-order valence-electron chi connectivity index (χ2n) is 7.26. The zero-order valence-corrected chi connectivity index (χ0v) is 16.6. The molecule has 1 N–H and O–H groups in total. The smallest absolute Gasteiger partial charge is 0.194 e. The van der Waals surface area contributed by atoms with Crippen LogP contribution in [0.15, 0.2) is 29.3 Å². The Bertz CT molecular complexity index is 554. The quantitative estimate of drug-likeness (QED) is 0.654. The third-order valence-corrected chi connectivity index (χ3v) is 5.26. The third-order valence-electron chi connectivity index (χ3n) is 3.96. The minimum atomic E-state index is 0.292. The number of nitrogens with one attached hydrogen (secondary N) is 1. The Morgan fingerprint density at radius 2 is 2.08 bits per heavy atom. The highest BCUT2D eigenvalue weighted by Crippen LogP contribution is 2.29. The van der Waals surface area contributed by atoms with Crippen LogP contribution in [0.2, 0.25) is 0 Å². The molecule has 134 valence electrons. The van der Waals surface area contributed by atoms with E-state index in [1.807, 2.05) is 0 Å². The van der Waals surface area contributed by atoms with Gasteiger partial charge in [-0.25, -0.2) is 4.99 Å². The Balaban J connectivity index is 2.08. The average molecular weight is 349 g/mol. The van der Waals surface area contributed by atoms with E-state index in [1.165, 1.54) is 11.1 Å². The van der Waals surface area contributed by atoms with Crippen molar-refractivity contribution in [2.24, 2.45) is 4.99 Å². The van der Waals surface area contributed by atoms with Gasteiger partial charge >= 0.3 is 0 Å². The van der Waals surface area contributed by atoms with Gasteiger partial charge in [-0.05, 0) is 46.0 Å². The highest BCUT2D eigenvalue weighted by atomic mass is 32.2. The molecule has 0 radical (unpaired) electrons. The molecule has 1 aliphatic heterocycles. The Morgan fingerprint density at radius 3 is 2.75 bits per heavy atom. The van der Waals surface area contributed by atoms with Gasteiger partial charge in [-0.3, -0.25) is 0 Å². The molecule has 0 aromatic heterocycles. The molecule has 1 aliphatic rings. The summed E-state index contributed by atoms with van der Waals surface area (Å²) in [6, 6.07) is 8.76. The lowest BCUT2D eigenvalue weighted by Crippen LogP contribution is -2.50. The Morgan fingerprint density at radius 1 is 1.33 bits per heavy atom. The van der Waals surface area contributed by atoms with E-state index in [9.17, 15) is 0 Å². The first kappa shape index (κ1) is 19.1. The number of rotatable bonds is 5. The summed E-state index contributed by atoms with van der Waals surface area (Å²) in [6.45, 7) is 11.5. The van der Waals surface area contributed by atoms with Crippen molar-refractivity contribution in [1.82, 2.24) is 15.1 Å². The molecule has 24 heavy (non-hydrogen) atoms.